The van der Waals surface area contributed by atoms with Crippen LogP contribution in [0.25, 0.3) is 0 Å². The van der Waals surface area contributed by atoms with Crippen molar-refractivity contribution >= 4 is 23.4 Å². The topological polar surface area (TPSA) is 66.9 Å². The Bertz CT molecular complexity index is 963. The number of aryl methyl sites for hydroxylation is 1. The summed E-state index contributed by atoms with van der Waals surface area (Å²) < 4.78 is 0. The molecule has 0 unspecified atom stereocenters. The van der Waals surface area contributed by atoms with E-state index in [2.05, 4.69) is 0 Å². The molecule has 2 heterocycles. The third-order valence-electron chi connectivity index (χ3n) is 4.95. The maximum Gasteiger partial charge on any atom is 0.266 e. The Hall–Kier alpha value is -2.99. The molecule has 2 aromatic rings. The number of hydrogen-bond acceptors (Lipinski definition) is 4. The van der Waals surface area contributed by atoms with Crippen LogP contribution in [0, 0.1) is 12.3 Å². The molecule has 6 heteroatoms. The first-order valence-electron chi connectivity index (χ1n) is 8.81. The zero-order chi connectivity index (χ0) is 19.3. The van der Waals surface area contributed by atoms with Crippen molar-refractivity contribution in [3.05, 3.63) is 64.7 Å². The van der Waals surface area contributed by atoms with Crippen LogP contribution in [0.3, 0.4) is 0 Å². The van der Waals surface area contributed by atoms with Gasteiger partial charge in [0.15, 0.2) is 0 Å². The molecule has 27 heavy (non-hydrogen) atoms. The van der Waals surface area contributed by atoms with Gasteiger partial charge < -0.3 is 0 Å². The van der Waals surface area contributed by atoms with E-state index in [4.69, 9.17) is 4.84 Å². The third-order valence-corrected chi connectivity index (χ3v) is 4.95. The Morgan fingerprint density at radius 1 is 0.963 bits per heavy atom. The lowest BCUT2D eigenvalue weighted by Crippen LogP contribution is -2.30. The molecule has 1 saturated heterocycles. The van der Waals surface area contributed by atoms with E-state index in [0.717, 1.165) is 11.1 Å². The van der Waals surface area contributed by atoms with E-state index >= 15 is 0 Å². The molecule has 2 aromatic carbocycles. The highest BCUT2D eigenvalue weighted by molar-refractivity contribution is 6.34. The minimum atomic E-state index is -0.516. The molecule has 0 spiro atoms. The fraction of sp³-hybridized carbons (Fsp3) is 0.286. The predicted octanol–water partition coefficient (Wildman–Crippen LogP) is 3.10. The molecule has 0 radical (unpaired) electrons. The number of hydrogen-bond donors (Lipinski definition) is 0. The molecule has 138 valence electrons. The first-order valence-corrected chi connectivity index (χ1v) is 8.81. The maximum atomic E-state index is 12.7. The SMILES string of the molecule is Cc1ccc2c(c1)C(=O)N(c1ccc(CN3OCC(C)(C)C3=O)cc1)C2=O. The van der Waals surface area contributed by atoms with Crippen molar-refractivity contribution in [2.45, 2.75) is 27.3 Å². The van der Waals surface area contributed by atoms with Crippen molar-refractivity contribution in [2.24, 2.45) is 5.41 Å². The van der Waals surface area contributed by atoms with E-state index in [-0.39, 0.29) is 17.7 Å². The van der Waals surface area contributed by atoms with Crippen LogP contribution in [-0.4, -0.2) is 29.4 Å². The standard InChI is InChI=1S/C21H20N2O4/c1-13-4-9-16-17(10-13)19(25)23(18(16)24)15-7-5-14(6-8-15)11-22-20(26)21(2,3)12-27-22/h4-10H,11-12H2,1-3H3. The van der Waals surface area contributed by atoms with Gasteiger partial charge in [0.25, 0.3) is 17.7 Å². The van der Waals surface area contributed by atoms with E-state index in [9.17, 15) is 14.4 Å². The summed E-state index contributed by atoms with van der Waals surface area (Å²) >= 11 is 0. The minimum Gasteiger partial charge on any atom is -0.272 e. The molecule has 3 amide bonds. The van der Waals surface area contributed by atoms with Crippen LogP contribution < -0.4 is 4.90 Å². The summed E-state index contributed by atoms with van der Waals surface area (Å²) in [5.74, 6) is -0.684. The zero-order valence-electron chi connectivity index (χ0n) is 15.5. The highest BCUT2D eigenvalue weighted by Gasteiger charge is 2.40. The average molecular weight is 364 g/mol. The van der Waals surface area contributed by atoms with E-state index in [1.807, 2.05) is 26.8 Å². The number of amides is 3. The smallest absolute Gasteiger partial charge is 0.266 e. The monoisotopic (exact) mass is 364 g/mol. The van der Waals surface area contributed by atoms with Gasteiger partial charge >= 0.3 is 0 Å². The Labute approximate surface area is 157 Å². The van der Waals surface area contributed by atoms with Gasteiger partial charge in [0.1, 0.15) is 0 Å². The normalized spacial score (nSPS) is 18.4. The molecule has 0 bridgehead atoms. The molecule has 6 nitrogen and oxygen atoms in total. The number of nitrogens with zero attached hydrogens (tertiary/aromatic N) is 2. The largest absolute Gasteiger partial charge is 0.272 e. The summed E-state index contributed by atoms with van der Waals surface area (Å²) in [6.07, 6.45) is 0. The van der Waals surface area contributed by atoms with Crippen molar-refractivity contribution in [2.75, 3.05) is 11.5 Å². The van der Waals surface area contributed by atoms with Crippen LogP contribution in [0.2, 0.25) is 0 Å². The van der Waals surface area contributed by atoms with Crippen molar-refractivity contribution in [1.29, 1.82) is 0 Å². The van der Waals surface area contributed by atoms with E-state index < -0.39 is 5.41 Å². The summed E-state index contributed by atoms with van der Waals surface area (Å²) in [5.41, 5.74) is 2.65. The number of hydroxylamine groups is 2. The Kier molecular flexibility index (Phi) is 3.89. The van der Waals surface area contributed by atoms with Crippen molar-refractivity contribution < 1.29 is 19.2 Å². The summed E-state index contributed by atoms with van der Waals surface area (Å²) in [5, 5.41) is 1.36. The highest BCUT2D eigenvalue weighted by Crippen LogP contribution is 2.31. The van der Waals surface area contributed by atoms with Crippen LogP contribution in [0.5, 0.6) is 0 Å². The molecule has 0 aliphatic carbocycles. The lowest BCUT2D eigenvalue weighted by molar-refractivity contribution is -0.165. The summed E-state index contributed by atoms with van der Waals surface area (Å²) in [6, 6.07) is 12.3. The number of carbonyl (C=O) groups excluding carboxylic acids is 3. The summed E-state index contributed by atoms with van der Waals surface area (Å²) in [7, 11) is 0. The lowest BCUT2D eigenvalue weighted by Gasteiger charge is -2.18. The fourth-order valence-electron chi connectivity index (χ4n) is 3.32. The Morgan fingerprint density at radius 3 is 2.26 bits per heavy atom. The Balaban J connectivity index is 1.54. The summed E-state index contributed by atoms with van der Waals surface area (Å²) in [4.78, 5) is 44.2. The molecule has 0 atom stereocenters. The second kappa shape index (κ2) is 6.03. The molecule has 2 aliphatic rings. The molecule has 0 saturated carbocycles. The van der Waals surface area contributed by atoms with Gasteiger partial charge in [-0.15, -0.1) is 0 Å². The minimum absolute atomic E-state index is 0.0534. The first-order chi connectivity index (χ1) is 12.8. The third kappa shape index (κ3) is 2.82. The van der Waals surface area contributed by atoms with Gasteiger partial charge in [-0.05, 0) is 50.6 Å². The fourth-order valence-corrected chi connectivity index (χ4v) is 3.32. The molecule has 4 rings (SSSR count). The molecule has 1 fully saturated rings. The van der Waals surface area contributed by atoms with E-state index in [1.54, 1.807) is 36.4 Å². The van der Waals surface area contributed by atoms with Crippen molar-refractivity contribution in [3.63, 3.8) is 0 Å². The van der Waals surface area contributed by atoms with Gasteiger partial charge in [0.05, 0.1) is 35.4 Å². The van der Waals surface area contributed by atoms with Crippen LogP contribution in [-0.2, 0) is 16.2 Å². The number of carbonyl (C=O) groups is 3. The number of rotatable bonds is 3. The van der Waals surface area contributed by atoms with Crippen LogP contribution in [0.15, 0.2) is 42.5 Å². The maximum absolute atomic E-state index is 12.7. The number of anilines is 1. The zero-order valence-corrected chi connectivity index (χ0v) is 15.5. The highest BCUT2D eigenvalue weighted by atomic mass is 16.7. The van der Waals surface area contributed by atoms with Crippen LogP contribution in [0.1, 0.15) is 45.7 Å². The molecule has 0 aromatic heterocycles. The van der Waals surface area contributed by atoms with E-state index in [0.29, 0.717) is 30.0 Å². The first kappa shape index (κ1) is 17.4. The lowest BCUT2D eigenvalue weighted by atomic mass is 9.95. The quantitative estimate of drug-likeness (QED) is 0.785. The number of fused-ring (bicyclic) bond motifs is 1. The van der Waals surface area contributed by atoms with Gasteiger partial charge in [-0.1, -0.05) is 23.8 Å². The second-order valence-corrected chi connectivity index (χ2v) is 7.66. The summed E-state index contributed by atoms with van der Waals surface area (Å²) in [6.45, 7) is 6.27. The van der Waals surface area contributed by atoms with Crippen LogP contribution in [0.4, 0.5) is 5.69 Å². The second-order valence-electron chi connectivity index (χ2n) is 7.66. The van der Waals surface area contributed by atoms with Crippen molar-refractivity contribution in [3.8, 4) is 0 Å². The van der Waals surface area contributed by atoms with Crippen LogP contribution >= 0.6 is 0 Å². The van der Waals surface area contributed by atoms with Gasteiger partial charge in [0.2, 0.25) is 0 Å². The molecular weight excluding hydrogens is 344 g/mol. The van der Waals surface area contributed by atoms with E-state index in [1.165, 1.54) is 9.96 Å². The van der Waals surface area contributed by atoms with Gasteiger partial charge in [-0.2, -0.15) is 0 Å². The van der Waals surface area contributed by atoms with Gasteiger partial charge in [-0.25, -0.2) is 9.96 Å². The van der Waals surface area contributed by atoms with Gasteiger partial charge in [0, 0.05) is 0 Å². The number of imide groups is 1. The number of benzene rings is 2. The molecular formula is C21H20N2O4. The Morgan fingerprint density at radius 2 is 1.63 bits per heavy atom. The van der Waals surface area contributed by atoms with Gasteiger partial charge in [-0.3, -0.25) is 19.2 Å². The average Bonchev–Trinajstić information content (AvgIpc) is 3.03. The molecule has 2 aliphatic heterocycles. The molecule has 0 N–H and O–H groups in total. The predicted molar refractivity (Wildman–Crippen MR) is 99.0 cm³/mol. The van der Waals surface area contributed by atoms with Crippen molar-refractivity contribution in [1.82, 2.24) is 5.06 Å².